The maximum atomic E-state index is 11.4. The Morgan fingerprint density at radius 1 is 1.36 bits per heavy atom. The Balaban J connectivity index is 2.51. The Kier molecular flexibility index (Phi) is 2.59. The summed E-state index contributed by atoms with van der Waals surface area (Å²) in [5, 5.41) is 0. The fourth-order valence-corrected chi connectivity index (χ4v) is 1.56. The molecule has 0 saturated heterocycles. The maximum absolute atomic E-state index is 11.4. The summed E-state index contributed by atoms with van der Waals surface area (Å²) in [4.78, 5) is 11.4. The van der Waals surface area contributed by atoms with Crippen LogP contribution in [0.2, 0.25) is 0 Å². The molecule has 0 N–H and O–H groups in total. The number of nitrogens with zero attached hydrogens (tertiary/aromatic N) is 1. The van der Waals surface area contributed by atoms with E-state index in [1.165, 1.54) is 0 Å². The molecule has 1 heterocycles. The van der Waals surface area contributed by atoms with E-state index < -0.39 is 0 Å². The molecule has 4 heteroatoms. The average Bonchev–Trinajstić information content (AvgIpc) is 2.51. The van der Waals surface area contributed by atoms with Crippen LogP contribution in [0.15, 0.2) is 33.5 Å². The maximum Gasteiger partial charge on any atom is 0.419 e. The number of alkyl halides is 1. The van der Waals surface area contributed by atoms with Crippen molar-refractivity contribution in [3.8, 4) is 0 Å². The van der Waals surface area contributed by atoms with Crippen molar-refractivity contribution < 1.29 is 4.42 Å². The lowest BCUT2D eigenvalue weighted by atomic mass is 10.3. The largest absolute Gasteiger partial charge is 0.419 e. The third-order valence-electron chi connectivity index (χ3n) is 2.09. The van der Waals surface area contributed by atoms with E-state index in [2.05, 4.69) is 0 Å². The Bertz CT molecular complexity index is 486. The van der Waals surface area contributed by atoms with Crippen LogP contribution in [-0.4, -0.2) is 10.4 Å². The van der Waals surface area contributed by atoms with E-state index in [4.69, 9.17) is 16.0 Å². The van der Waals surface area contributed by atoms with Crippen molar-refractivity contribution in [2.24, 2.45) is 0 Å². The first-order valence-corrected chi connectivity index (χ1v) is 5.00. The van der Waals surface area contributed by atoms with E-state index in [0.717, 1.165) is 11.9 Å². The van der Waals surface area contributed by atoms with Gasteiger partial charge in [-0.05, 0) is 18.6 Å². The fraction of sp³-hybridized carbons (Fsp3) is 0.300. The molecule has 2 rings (SSSR count). The number of fused-ring (bicyclic) bond motifs is 1. The number of aryl methyl sites for hydroxylation is 1. The highest BCUT2D eigenvalue weighted by molar-refractivity contribution is 6.17. The number of hydrogen-bond donors (Lipinski definition) is 0. The van der Waals surface area contributed by atoms with Gasteiger partial charge in [-0.25, -0.2) is 4.79 Å². The van der Waals surface area contributed by atoms with Crippen molar-refractivity contribution in [3.05, 3.63) is 34.8 Å². The molecule has 0 aliphatic heterocycles. The van der Waals surface area contributed by atoms with E-state index in [9.17, 15) is 4.79 Å². The number of rotatable bonds is 3. The minimum absolute atomic E-state index is 0.309. The highest BCUT2D eigenvalue weighted by Gasteiger charge is 2.06. The van der Waals surface area contributed by atoms with Crippen LogP contribution in [0, 0.1) is 0 Å². The molecule has 74 valence electrons. The smallest absolute Gasteiger partial charge is 0.408 e. The van der Waals surface area contributed by atoms with Gasteiger partial charge in [0.2, 0.25) is 0 Å². The normalized spacial score (nSPS) is 10.9. The topological polar surface area (TPSA) is 35.1 Å². The summed E-state index contributed by atoms with van der Waals surface area (Å²) in [6.07, 6.45) is 0.769. The quantitative estimate of drug-likeness (QED) is 0.730. The van der Waals surface area contributed by atoms with Gasteiger partial charge in [0, 0.05) is 12.4 Å². The van der Waals surface area contributed by atoms with Crippen molar-refractivity contribution >= 4 is 22.7 Å². The van der Waals surface area contributed by atoms with Gasteiger partial charge >= 0.3 is 5.76 Å². The Morgan fingerprint density at radius 3 is 2.93 bits per heavy atom. The molecule has 0 saturated carbocycles. The van der Waals surface area contributed by atoms with Crippen molar-refractivity contribution in [3.63, 3.8) is 0 Å². The van der Waals surface area contributed by atoms with Crippen molar-refractivity contribution in [1.82, 2.24) is 4.57 Å². The molecular weight excluding hydrogens is 202 g/mol. The van der Waals surface area contributed by atoms with Gasteiger partial charge in [-0.3, -0.25) is 4.57 Å². The summed E-state index contributed by atoms with van der Waals surface area (Å²) in [7, 11) is 0. The lowest BCUT2D eigenvalue weighted by Gasteiger charge is -1.98. The molecular formula is C10H10ClNO2. The molecule has 0 aliphatic rings. The molecule has 1 aromatic heterocycles. The van der Waals surface area contributed by atoms with E-state index in [0.29, 0.717) is 18.0 Å². The highest BCUT2D eigenvalue weighted by Crippen LogP contribution is 2.11. The summed E-state index contributed by atoms with van der Waals surface area (Å²) in [5.41, 5.74) is 1.47. The molecule has 0 spiro atoms. The van der Waals surface area contributed by atoms with E-state index in [1.54, 1.807) is 10.6 Å². The van der Waals surface area contributed by atoms with Crippen LogP contribution in [0.3, 0.4) is 0 Å². The zero-order valence-electron chi connectivity index (χ0n) is 7.57. The second-order valence-electron chi connectivity index (χ2n) is 3.03. The third kappa shape index (κ3) is 1.55. The van der Waals surface area contributed by atoms with Crippen molar-refractivity contribution in [2.75, 3.05) is 5.88 Å². The second kappa shape index (κ2) is 3.88. The van der Waals surface area contributed by atoms with Crippen molar-refractivity contribution in [2.45, 2.75) is 13.0 Å². The van der Waals surface area contributed by atoms with E-state index in [1.807, 2.05) is 18.2 Å². The van der Waals surface area contributed by atoms with Crippen LogP contribution >= 0.6 is 11.6 Å². The molecule has 0 amide bonds. The number of halogens is 1. The molecule has 0 atom stereocenters. The zero-order chi connectivity index (χ0) is 9.97. The van der Waals surface area contributed by atoms with Gasteiger partial charge in [0.25, 0.3) is 0 Å². The van der Waals surface area contributed by atoms with Gasteiger partial charge in [0.05, 0.1) is 5.52 Å². The zero-order valence-corrected chi connectivity index (χ0v) is 8.33. The molecule has 0 unspecified atom stereocenters. The number of para-hydroxylation sites is 2. The molecule has 0 bridgehead atoms. The molecule has 14 heavy (non-hydrogen) atoms. The Hall–Kier alpha value is -1.22. The summed E-state index contributed by atoms with van der Waals surface area (Å²) in [6, 6.07) is 7.38. The predicted octanol–water partition coefficient (Wildman–Crippen LogP) is 2.22. The fourth-order valence-electron chi connectivity index (χ4n) is 1.44. The Labute approximate surface area is 85.9 Å². The Morgan fingerprint density at radius 2 is 2.14 bits per heavy atom. The van der Waals surface area contributed by atoms with Crippen LogP contribution in [0.5, 0.6) is 0 Å². The van der Waals surface area contributed by atoms with Crippen molar-refractivity contribution in [1.29, 1.82) is 0 Å². The molecule has 3 nitrogen and oxygen atoms in total. The van der Waals surface area contributed by atoms with Gasteiger partial charge in [-0.15, -0.1) is 11.6 Å². The van der Waals surface area contributed by atoms with Crippen LogP contribution in [-0.2, 0) is 6.54 Å². The lowest BCUT2D eigenvalue weighted by molar-refractivity contribution is 0.503. The summed E-state index contributed by atoms with van der Waals surface area (Å²) >= 11 is 5.58. The van der Waals surface area contributed by atoms with Gasteiger partial charge in [0.15, 0.2) is 5.58 Å². The SMILES string of the molecule is O=c1oc2ccccc2n1CCCCl. The minimum Gasteiger partial charge on any atom is -0.408 e. The summed E-state index contributed by atoms with van der Waals surface area (Å²) in [6.45, 7) is 0.610. The monoisotopic (exact) mass is 211 g/mol. The first-order chi connectivity index (χ1) is 6.83. The van der Waals surface area contributed by atoms with Gasteiger partial charge < -0.3 is 4.42 Å². The standard InChI is InChI=1S/C10H10ClNO2/c11-6-3-7-12-8-4-1-2-5-9(8)14-10(12)13/h1-2,4-5H,3,6-7H2. The van der Waals surface area contributed by atoms with Crippen LogP contribution in [0.1, 0.15) is 6.42 Å². The van der Waals surface area contributed by atoms with Gasteiger partial charge in [-0.1, -0.05) is 12.1 Å². The first-order valence-electron chi connectivity index (χ1n) is 4.47. The number of oxazole rings is 1. The molecule has 1 aromatic carbocycles. The lowest BCUT2D eigenvalue weighted by Crippen LogP contribution is -2.14. The third-order valence-corrected chi connectivity index (χ3v) is 2.36. The molecule has 0 radical (unpaired) electrons. The number of benzene rings is 1. The minimum atomic E-state index is -0.309. The first kappa shape index (κ1) is 9.34. The molecule has 0 aliphatic carbocycles. The molecule has 2 aromatic rings. The average molecular weight is 212 g/mol. The summed E-state index contributed by atoms with van der Waals surface area (Å²) < 4.78 is 6.67. The van der Waals surface area contributed by atoms with Crippen LogP contribution in [0.25, 0.3) is 11.1 Å². The van der Waals surface area contributed by atoms with Crippen LogP contribution < -0.4 is 5.76 Å². The van der Waals surface area contributed by atoms with E-state index >= 15 is 0 Å². The van der Waals surface area contributed by atoms with Gasteiger partial charge in [-0.2, -0.15) is 0 Å². The summed E-state index contributed by atoms with van der Waals surface area (Å²) in [5.74, 6) is 0.239. The number of aromatic nitrogens is 1. The predicted molar refractivity (Wildman–Crippen MR) is 55.8 cm³/mol. The van der Waals surface area contributed by atoms with E-state index in [-0.39, 0.29) is 5.76 Å². The highest BCUT2D eigenvalue weighted by atomic mass is 35.5. The second-order valence-corrected chi connectivity index (χ2v) is 3.41. The van der Waals surface area contributed by atoms with Gasteiger partial charge in [0.1, 0.15) is 0 Å². The van der Waals surface area contributed by atoms with Crippen LogP contribution in [0.4, 0.5) is 0 Å². The molecule has 0 fully saturated rings. The number of hydrogen-bond acceptors (Lipinski definition) is 2.